The number of aliphatic imine (C=N–C) groups is 1. The molecular formula is C20H26N4S. The highest BCUT2D eigenvalue weighted by atomic mass is 32.1. The van der Waals surface area contributed by atoms with Crippen molar-refractivity contribution in [1.29, 1.82) is 0 Å². The van der Waals surface area contributed by atoms with Crippen molar-refractivity contribution < 1.29 is 0 Å². The van der Waals surface area contributed by atoms with Crippen molar-refractivity contribution in [2.45, 2.75) is 24.8 Å². The number of nitrogens with zero attached hydrogens (tertiary/aromatic N) is 1. The first-order valence-corrected chi connectivity index (χ1v) is 8.69. The topological polar surface area (TPSA) is 62.4 Å². The third-order valence-electron chi connectivity index (χ3n) is 4.23. The molecule has 4 N–H and O–H groups in total. The van der Waals surface area contributed by atoms with Gasteiger partial charge in [0, 0.05) is 42.0 Å². The molecule has 0 saturated heterocycles. The minimum absolute atomic E-state index is 0.343. The van der Waals surface area contributed by atoms with E-state index in [2.05, 4.69) is 48.2 Å². The lowest BCUT2D eigenvalue weighted by Gasteiger charge is -2.16. The van der Waals surface area contributed by atoms with Gasteiger partial charge < -0.3 is 16.4 Å². The predicted molar refractivity (Wildman–Crippen MR) is 113 cm³/mol. The van der Waals surface area contributed by atoms with E-state index in [1.54, 1.807) is 18.4 Å². The summed E-state index contributed by atoms with van der Waals surface area (Å²) in [4.78, 5) is 5.23. The highest BCUT2D eigenvalue weighted by Gasteiger charge is 2.21. The molecule has 0 fully saturated rings. The SMILES string of the molecule is C=C/C(=C\c1c(S)cc(C2=C(C)CNC2C)cc1NC)N=CC=CN. The molecule has 1 aliphatic heterocycles. The van der Waals surface area contributed by atoms with E-state index in [0.717, 1.165) is 28.4 Å². The largest absolute Gasteiger partial charge is 0.405 e. The van der Waals surface area contributed by atoms with Crippen molar-refractivity contribution in [1.82, 2.24) is 5.32 Å². The molecule has 0 aromatic heterocycles. The minimum Gasteiger partial charge on any atom is -0.405 e. The Labute approximate surface area is 155 Å². The van der Waals surface area contributed by atoms with Gasteiger partial charge in [-0.05, 0) is 61.5 Å². The van der Waals surface area contributed by atoms with Crippen LogP contribution in [0.15, 0.2) is 58.2 Å². The van der Waals surface area contributed by atoms with Gasteiger partial charge in [-0.1, -0.05) is 12.2 Å². The number of hydrogen-bond acceptors (Lipinski definition) is 5. The Balaban J connectivity index is 2.50. The summed E-state index contributed by atoms with van der Waals surface area (Å²) in [6.07, 6.45) is 8.42. The van der Waals surface area contributed by atoms with Crippen LogP contribution in [0.1, 0.15) is 25.0 Å². The molecule has 0 spiro atoms. The quantitative estimate of drug-likeness (QED) is 0.356. The van der Waals surface area contributed by atoms with Gasteiger partial charge in [0.25, 0.3) is 0 Å². The summed E-state index contributed by atoms with van der Waals surface area (Å²) in [5.41, 5.74) is 12.0. The van der Waals surface area contributed by atoms with Crippen LogP contribution in [-0.4, -0.2) is 25.8 Å². The molecule has 0 amide bonds. The standard InChI is InChI=1S/C20H26N4S/c1-5-16(23-8-6-7-21)11-17-18(22-4)9-15(10-19(17)25)20-13(2)12-24-14(20)3/h5-11,14,22,24-25H,1,12,21H2,2-4H3/b7-6?,16-11+,23-8?. The van der Waals surface area contributed by atoms with Gasteiger partial charge >= 0.3 is 0 Å². The van der Waals surface area contributed by atoms with Crippen LogP contribution in [-0.2, 0) is 0 Å². The number of benzene rings is 1. The Kier molecular flexibility index (Phi) is 6.67. The first kappa shape index (κ1) is 19.1. The fraction of sp³-hybridized carbons (Fsp3) is 0.250. The summed E-state index contributed by atoms with van der Waals surface area (Å²) in [6, 6.07) is 4.62. The predicted octanol–water partition coefficient (Wildman–Crippen LogP) is 3.85. The molecule has 1 aliphatic rings. The van der Waals surface area contributed by atoms with E-state index in [9.17, 15) is 0 Å². The molecule has 1 atom stereocenters. The third-order valence-corrected chi connectivity index (χ3v) is 4.60. The average molecular weight is 355 g/mol. The Morgan fingerprint density at radius 3 is 2.80 bits per heavy atom. The van der Waals surface area contributed by atoms with Crippen LogP contribution >= 0.6 is 12.6 Å². The van der Waals surface area contributed by atoms with Crippen molar-refractivity contribution >= 4 is 36.2 Å². The second-order valence-corrected chi connectivity index (χ2v) is 6.42. The molecule has 25 heavy (non-hydrogen) atoms. The zero-order valence-electron chi connectivity index (χ0n) is 15.0. The van der Waals surface area contributed by atoms with Crippen molar-refractivity contribution in [2.75, 3.05) is 18.9 Å². The van der Waals surface area contributed by atoms with Crippen molar-refractivity contribution in [3.8, 4) is 0 Å². The zero-order chi connectivity index (χ0) is 18.4. The van der Waals surface area contributed by atoms with E-state index in [0.29, 0.717) is 6.04 Å². The van der Waals surface area contributed by atoms with Gasteiger partial charge in [-0.15, -0.1) is 12.6 Å². The first-order chi connectivity index (χ1) is 12.0. The van der Waals surface area contributed by atoms with E-state index in [1.807, 2.05) is 13.1 Å². The highest BCUT2D eigenvalue weighted by molar-refractivity contribution is 7.80. The maximum atomic E-state index is 5.33. The van der Waals surface area contributed by atoms with Crippen molar-refractivity contribution in [2.24, 2.45) is 10.7 Å². The second kappa shape index (κ2) is 8.74. The Morgan fingerprint density at radius 1 is 1.48 bits per heavy atom. The highest BCUT2D eigenvalue weighted by Crippen LogP contribution is 2.34. The first-order valence-electron chi connectivity index (χ1n) is 8.25. The Morgan fingerprint density at radius 2 is 2.24 bits per heavy atom. The van der Waals surface area contributed by atoms with Crippen molar-refractivity contribution in [3.05, 3.63) is 59.5 Å². The summed E-state index contributed by atoms with van der Waals surface area (Å²) < 4.78 is 0. The van der Waals surface area contributed by atoms with Gasteiger partial charge in [-0.2, -0.15) is 0 Å². The second-order valence-electron chi connectivity index (χ2n) is 5.94. The Bertz CT molecular complexity index is 772. The van der Waals surface area contributed by atoms with Gasteiger partial charge in [-0.25, -0.2) is 0 Å². The van der Waals surface area contributed by atoms with Gasteiger partial charge in [0.15, 0.2) is 0 Å². The minimum atomic E-state index is 0.343. The fourth-order valence-electron chi connectivity index (χ4n) is 3.00. The van der Waals surface area contributed by atoms with Gasteiger partial charge in [0.05, 0.1) is 5.70 Å². The summed E-state index contributed by atoms with van der Waals surface area (Å²) in [6.45, 7) is 9.11. The normalized spacial score (nSPS) is 18.6. The fourth-order valence-corrected chi connectivity index (χ4v) is 3.32. The lowest BCUT2D eigenvalue weighted by atomic mass is 9.95. The summed E-state index contributed by atoms with van der Waals surface area (Å²) in [5.74, 6) is 0. The van der Waals surface area contributed by atoms with E-state index in [4.69, 9.17) is 18.4 Å². The molecule has 5 heteroatoms. The molecule has 2 rings (SSSR count). The summed E-state index contributed by atoms with van der Waals surface area (Å²) in [5, 5.41) is 6.75. The number of nitrogens with one attached hydrogen (secondary N) is 2. The molecule has 0 radical (unpaired) electrons. The van der Waals surface area contributed by atoms with Crippen LogP contribution < -0.4 is 16.4 Å². The average Bonchev–Trinajstić information content (AvgIpc) is 2.93. The lowest BCUT2D eigenvalue weighted by molar-refractivity contribution is 0.730. The lowest BCUT2D eigenvalue weighted by Crippen LogP contribution is -2.20. The van der Waals surface area contributed by atoms with E-state index < -0.39 is 0 Å². The molecule has 4 nitrogen and oxygen atoms in total. The monoisotopic (exact) mass is 354 g/mol. The number of allylic oxidation sites excluding steroid dienone is 2. The van der Waals surface area contributed by atoms with E-state index >= 15 is 0 Å². The molecular weight excluding hydrogens is 328 g/mol. The van der Waals surface area contributed by atoms with E-state index in [1.165, 1.54) is 22.9 Å². The molecule has 1 heterocycles. The van der Waals surface area contributed by atoms with Crippen LogP contribution in [0.3, 0.4) is 0 Å². The molecule has 1 aromatic carbocycles. The molecule has 0 bridgehead atoms. The number of nitrogens with two attached hydrogens (primary N) is 1. The van der Waals surface area contributed by atoms with Crippen LogP contribution in [0.25, 0.3) is 11.6 Å². The number of rotatable bonds is 6. The number of anilines is 1. The molecule has 0 saturated carbocycles. The molecule has 1 unspecified atom stereocenters. The number of thiol groups is 1. The summed E-state index contributed by atoms with van der Waals surface area (Å²) >= 11 is 4.72. The Hall–Kier alpha value is -2.24. The summed E-state index contributed by atoms with van der Waals surface area (Å²) in [7, 11) is 1.91. The maximum absolute atomic E-state index is 5.33. The van der Waals surface area contributed by atoms with Crippen LogP contribution in [0.5, 0.6) is 0 Å². The van der Waals surface area contributed by atoms with Gasteiger partial charge in [0.1, 0.15) is 0 Å². The van der Waals surface area contributed by atoms with Crippen LogP contribution in [0.2, 0.25) is 0 Å². The van der Waals surface area contributed by atoms with Gasteiger partial charge in [-0.3, -0.25) is 4.99 Å². The molecule has 1 aromatic rings. The van der Waals surface area contributed by atoms with Crippen LogP contribution in [0.4, 0.5) is 5.69 Å². The van der Waals surface area contributed by atoms with Crippen LogP contribution in [0, 0.1) is 0 Å². The molecule has 132 valence electrons. The third kappa shape index (κ3) is 4.44. The molecule has 0 aliphatic carbocycles. The smallest absolute Gasteiger partial charge is 0.0630 e. The zero-order valence-corrected chi connectivity index (χ0v) is 15.9. The maximum Gasteiger partial charge on any atom is 0.0630 e. The van der Waals surface area contributed by atoms with Gasteiger partial charge in [0.2, 0.25) is 0 Å². The van der Waals surface area contributed by atoms with Crippen molar-refractivity contribution in [3.63, 3.8) is 0 Å². The van der Waals surface area contributed by atoms with E-state index in [-0.39, 0.29) is 0 Å². The number of hydrogen-bond donors (Lipinski definition) is 4.